The Kier molecular flexibility index (Phi) is 3.48. The third-order valence-corrected chi connectivity index (χ3v) is 5.76. The van der Waals surface area contributed by atoms with Crippen molar-refractivity contribution in [2.75, 3.05) is 18.1 Å². The summed E-state index contributed by atoms with van der Waals surface area (Å²) in [5, 5.41) is 2.94. The second kappa shape index (κ2) is 5.31. The van der Waals surface area contributed by atoms with Crippen LogP contribution in [0.1, 0.15) is 31.4 Å². The van der Waals surface area contributed by atoms with Crippen LogP contribution in [0, 0.1) is 0 Å². The summed E-state index contributed by atoms with van der Waals surface area (Å²) >= 11 is 5.34. The maximum Gasteiger partial charge on any atom is 0.195 e. The Morgan fingerprint density at radius 1 is 1.40 bits per heavy atom. The molecule has 2 atom stereocenters. The van der Waals surface area contributed by atoms with Crippen LogP contribution in [0.25, 0.3) is 4.96 Å². The van der Waals surface area contributed by atoms with Gasteiger partial charge in [0.25, 0.3) is 0 Å². The van der Waals surface area contributed by atoms with Crippen LogP contribution in [0.2, 0.25) is 0 Å². The summed E-state index contributed by atoms with van der Waals surface area (Å²) in [6.07, 6.45) is 7.57. The molecule has 0 spiro atoms. The molecule has 20 heavy (non-hydrogen) atoms. The van der Waals surface area contributed by atoms with E-state index in [0.29, 0.717) is 12.1 Å². The highest BCUT2D eigenvalue weighted by molar-refractivity contribution is 9.08. The van der Waals surface area contributed by atoms with E-state index >= 15 is 0 Å². The molecule has 2 unspecified atom stereocenters. The molecule has 0 aromatic carbocycles. The molecule has 2 fully saturated rings. The first-order valence-corrected chi connectivity index (χ1v) is 9.27. The summed E-state index contributed by atoms with van der Waals surface area (Å²) in [4.78, 5) is 8.47. The lowest BCUT2D eigenvalue weighted by atomic mass is 9.90. The first kappa shape index (κ1) is 13.1. The smallest absolute Gasteiger partial charge is 0.195 e. The molecule has 2 aromatic rings. The molecular formula is C14H18BrN3OS. The van der Waals surface area contributed by atoms with Crippen LogP contribution in [0.3, 0.4) is 0 Å². The maximum absolute atomic E-state index is 5.98. The van der Waals surface area contributed by atoms with Crippen LogP contribution in [-0.2, 0) is 10.1 Å². The highest BCUT2D eigenvalue weighted by Crippen LogP contribution is 2.35. The number of morpholine rings is 1. The van der Waals surface area contributed by atoms with Crippen molar-refractivity contribution in [2.24, 2.45) is 0 Å². The van der Waals surface area contributed by atoms with E-state index in [1.54, 1.807) is 11.3 Å². The molecule has 0 radical (unpaired) electrons. The lowest BCUT2D eigenvalue weighted by molar-refractivity contribution is -0.00899. The van der Waals surface area contributed by atoms with E-state index < -0.39 is 0 Å². The molecule has 1 saturated heterocycles. The Morgan fingerprint density at radius 2 is 2.30 bits per heavy atom. The number of aromatic nitrogens is 2. The molecule has 1 aliphatic heterocycles. The zero-order valence-electron chi connectivity index (χ0n) is 11.3. The number of imidazole rings is 1. The van der Waals surface area contributed by atoms with E-state index in [9.17, 15) is 0 Å². The fourth-order valence-electron chi connectivity index (χ4n) is 3.53. The predicted molar refractivity (Wildman–Crippen MR) is 85.0 cm³/mol. The van der Waals surface area contributed by atoms with Crippen molar-refractivity contribution < 1.29 is 4.74 Å². The van der Waals surface area contributed by atoms with Crippen molar-refractivity contribution in [3.05, 3.63) is 17.3 Å². The Bertz CT molecular complexity index is 609. The highest BCUT2D eigenvalue weighted by atomic mass is 79.9. The summed E-state index contributed by atoms with van der Waals surface area (Å²) in [6, 6.07) is 0.514. The Morgan fingerprint density at radius 3 is 3.20 bits per heavy atom. The maximum atomic E-state index is 5.98. The van der Waals surface area contributed by atoms with Crippen molar-refractivity contribution in [3.63, 3.8) is 0 Å². The van der Waals surface area contributed by atoms with E-state index in [-0.39, 0.29) is 0 Å². The van der Waals surface area contributed by atoms with Crippen LogP contribution >= 0.6 is 27.3 Å². The molecule has 1 aliphatic carbocycles. The van der Waals surface area contributed by atoms with Gasteiger partial charge in [-0.3, -0.25) is 4.40 Å². The normalized spacial score (nSPS) is 26.9. The highest BCUT2D eigenvalue weighted by Gasteiger charge is 2.36. The lowest BCUT2D eigenvalue weighted by Crippen LogP contribution is -2.53. The van der Waals surface area contributed by atoms with Gasteiger partial charge in [-0.1, -0.05) is 28.8 Å². The lowest BCUT2D eigenvalue weighted by Gasteiger charge is -2.44. The molecule has 0 N–H and O–H groups in total. The fraction of sp³-hybridized carbons (Fsp3) is 0.643. The second-order valence-corrected chi connectivity index (χ2v) is 6.96. The van der Waals surface area contributed by atoms with Gasteiger partial charge >= 0.3 is 0 Å². The van der Waals surface area contributed by atoms with E-state index in [1.165, 1.54) is 31.4 Å². The van der Waals surface area contributed by atoms with E-state index in [4.69, 9.17) is 9.72 Å². The third kappa shape index (κ3) is 2.00. The summed E-state index contributed by atoms with van der Waals surface area (Å²) < 4.78 is 8.19. The van der Waals surface area contributed by atoms with E-state index in [2.05, 4.69) is 36.8 Å². The molecule has 0 bridgehead atoms. The molecule has 6 heteroatoms. The van der Waals surface area contributed by atoms with Gasteiger partial charge in [0.2, 0.25) is 0 Å². The number of fused-ring (bicyclic) bond motifs is 2. The third-order valence-electron chi connectivity index (χ3n) is 4.47. The van der Waals surface area contributed by atoms with Crippen molar-refractivity contribution in [2.45, 2.75) is 43.2 Å². The molecule has 108 valence electrons. The summed E-state index contributed by atoms with van der Waals surface area (Å²) in [5.41, 5.74) is 1.27. The SMILES string of the molecule is BrCc1c(N2CCOC3CCCCC32)nc2sccn12. The van der Waals surface area contributed by atoms with Crippen LogP contribution in [0.15, 0.2) is 11.6 Å². The minimum atomic E-state index is 0.403. The van der Waals surface area contributed by atoms with Crippen molar-refractivity contribution in [1.82, 2.24) is 9.38 Å². The molecule has 4 rings (SSSR count). The van der Waals surface area contributed by atoms with Gasteiger partial charge in [-0.2, -0.15) is 0 Å². The summed E-state index contributed by atoms with van der Waals surface area (Å²) in [6.45, 7) is 1.79. The molecule has 2 aromatic heterocycles. The van der Waals surface area contributed by atoms with Crippen molar-refractivity contribution in [3.8, 4) is 0 Å². The monoisotopic (exact) mass is 355 g/mol. The standard InChI is InChI=1S/C14H18BrN3OS/c15-9-11-13(16-14-18(11)6-8-20-14)17-5-7-19-12-4-2-1-3-10(12)17/h6,8,10,12H,1-5,7,9H2. The second-order valence-electron chi connectivity index (χ2n) is 5.53. The van der Waals surface area contributed by atoms with Gasteiger partial charge in [0.05, 0.1) is 24.4 Å². The Balaban J connectivity index is 1.74. The number of ether oxygens (including phenoxy) is 1. The zero-order valence-corrected chi connectivity index (χ0v) is 13.7. The molecule has 0 amide bonds. The van der Waals surface area contributed by atoms with Crippen LogP contribution in [0.4, 0.5) is 5.82 Å². The Hall–Kier alpha value is -0.590. The predicted octanol–water partition coefficient (Wildman–Crippen LogP) is 3.44. The first-order chi connectivity index (χ1) is 9.88. The largest absolute Gasteiger partial charge is 0.374 e. The van der Waals surface area contributed by atoms with Crippen LogP contribution in [0.5, 0.6) is 0 Å². The minimum absolute atomic E-state index is 0.403. The number of nitrogens with zero attached hydrogens (tertiary/aromatic N) is 3. The quantitative estimate of drug-likeness (QED) is 0.772. The van der Waals surface area contributed by atoms with Crippen molar-refractivity contribution in [1.29, 1.82) is 0 Å². The number of rotatable bonds is 2. The van der Waals surface area contributed by atoms with Gasteiger partial charge in [0, 0.05) is 23.5 Å². The molecule has 3 heterocycles. The topological polar surface area (TPSA) is 29.8 Å². The average molecular weight is 356 g/mol. The number of anilines is 1. The Labute approximate surface area is 130 Å². The summed E-state index contributed by atoms with van der Waals surface area (Å²) in [5.74, 6) is 1.16. The molecule has 1 saturated carbocycles. The van der Waals surface area contributed by atoms with Gasteiger partial charge in [-0.25, -0.2) is 4.98 Å². The van der Waals surface area contributed by atoms with Crippen LogP contribution < -0.4 is 4.90 Å². The van der Waals surface area contributed by atoms with E-state index in [1.807, 2.05) is 0 Å². The number of hydrogen-bond acceptors (Lipinski definition) is 4. The average Bonchev–Trinajstić information content (AvgIpc) is 3.06. The zero-order chi connectivity index (χ0) is 13.5. The molecule has 2 aliphatic rings. The van der Waals surface area contributed by atoms with E-state index in [0.717, 1.165) is 29.3 Å². The van der Waals surface area contributed by atoms with Crippen LogP contribution in [-0.4, -0.2) is 34.7 Å². The van der Waals surface area contributed by atoms with Gasteiger partial charge in [-0.05, 0) is 12.8 Å². The number of alkyl halides is 1. The number of thiazole rings is 1. The van der Waals surface area contributed by atoms with Gasteiger partial charge in [0.15, 0.2) is 10.8 Å². The number of halogens is 1. The fourth-order valence-corrected chi connectivity index (χ4v) is 4.78. The van der Waals surface area contributed by atoms with Gasteiger partial charge in [0.1, 0.15) is 0 Å². The minimum Gasteiger partial charge on any atom is -0.374 e. The number of hydrogen-bond donors (Lipinski definition) is 0. The molecular weight excluding hydrogens is 338 g/mol. The van der Waals surface area contributed by atoms with Gasteiger partial charge in [-0.15, -0.1) is 11.3 Å². The van der Waals surface area contributed by atoms with Gasteiger partial charge < -0.3 is 9.64 Å². The van der Waals surface area contributed by atoms with Crippen molar-refractivity contribution >= 4 is 38.0 Å². The summed E-state index contributed by atoms with van der Waals surface area (Å²) in [7, 11) is 0. The first-order valence-electron chi connectivity index (χ1n) is 7.27. The molecule has 4 nitrogen and oxygen atoms in total.